The Morgan fingerprint density at radius 2 is 1.82 bits per heavy atom. The van der Waals surface area contributed by atoms with Crippen LogP contribution in [0.3, 0.4) is 0 Å². The summed E-state index contributed by atoms with van der Waals surface area (Å²) in [7, 11) is 0. The van der Waals surface area contributed by atoms with Gasteiger partial charge in [-0.25, -0.2) is 0 Å². The van der Waals surface area contributed by atoms with Crippen molar-refractivity contribution in [3.05, 3.63) is 0 Å². The van der Waals surface area contributed by atoms with Gasteiger partial charge >= 0.3 is 0 Å². The van der Waals surface area contributed by atoms with Crippen LogP contribution in [0.1, 0.15) is 72.6 Å². The van der Waals surface area contributed by atoms with Gasteiger partial charge in [-0.3, -0.25) is 0 Å². The second-order valence-electron chi connectivity index (χ2n) is 6.23. The SMILES string of the molecule is CCCCC(NCCC)C1CCC(C)C(C)C1. The third-order valence-corrected chi connectivity index (χ3v) is 4.73. The second-order valence-corrected chi connectivity index (χ2v) is 6.23. The first-order valence-corrected chi connectivity index (χ1v) is 7.92. The minimum absolute atomic E-state index is 0.796. The Morgan fingerprint density at radius 1 is 1.06 bits per heavy atom. The number of unbranched alkanes of at least 4 members (excludes halogenated alkanes) is 1. The first-order chi connectivity index (χ1) is 8.19. The van der Waals surface area contributed by atoms with Crippen LogP contribution in [-0.4, -0.2) is 12.6 Å². The molecule has 1 heteroatoms. The third kappa shape index (κ3) is 4.99. The monoisotopic (exact) mass is 239 g/mol. The van der Waals surface area contributed by atoms with Gasteiger partial charge in [0, 0.05) is 6.04 Å². The molecule has 1 fully saturated rings. The maximum atomic E-state index is 3.81. The van der Waals surface area contributed by atoms with Crippen molar-refractivity contribution in [3.63, 3.8) is 0 Å². The van der Waals surface area contributed by atoms with Crippen molar-refractivity contribution in [3.8, 4) is 0 Å². The van der Waals surface area contributed by atoms with Crippen LogP contribution in [0.15, 0.2) is 0 Å². The maximum Gasteiger partial charge on any atom is 0.00954 e. The van der Waals surface area contributed by atoms with Crippen LogP contribution in [-0.2, 0) is 0 Å². The molecule has 0 aromatic rings. The molecule has 1 rings (SSSR count). The lowest BCUT2D eigenvalue weighted by molar-refractivity contribution is 0.165. The summed E-state index contributed by atoms with van der Waals surface area (Å²) in [5, 5.41) is 3.81. The minimum atomic E-state index is 0.796. The van der Waals surface area contributed by atoms with Crippen LogP contribution in [0.25, 0.3) is 0 Å². The Labute approximate surface area is 109 Å². The molecular formula is C16H33N. The molecule has 0 heterocycles. The van der Waals surface area contributed by atoms with Crippen molar-refractivity contribution >= 4 is 0 Å². The summed E-state index contributed by atoms with van der Waals surface area (Å²) in [5.41, 5.74) is 0. The first kappa shape index (κ1) is 15.0. The van der Waals surface area contributed by atoms with Gasteiger partial charge in [-0.15, -0.1) is 0 Å². The molecule has 0 amide bonds. The highest BCUT2D eigenvalue weighted by molar-refractivity contribution is 4.83. The summed E-state index contributed by atoms with van der Waals surface area (Å²) in [5.74, 6) is 2.82. The highest BCUT2D eigenvalue weighted by Crippen LogP contribution is 2.36. The Bertz CT molecular complexity index is 182. The maximum absolute atomic E-state index is 3.81. The average Bonchev–Trinajstić information content (AvgIpc) is 2.33. The summed E-state index contributed by atoms with van der Waals surface area (Å²) in [4.78, 5) is 0. The predicted molar refractivity (Wildman–Crippen MR) is 77.3 cm³/mol. The van der Waals surface area contributed by atoms with Crippen LogP contribution in [0.4, 0.5) is 0 Å². The molecular weight excluding hydrogens is 206 g/mol. The lowest BCUT2D eigenvalue weighted by Crippen LogP contribution is -2.40. The molecule has 0 aromatic heterocycles. The molecule has 4 unspecified atom stereocenters. The fourth-order valence-corrected chi connectivity index (χ4v) is 3.21. The summed E-state index contributed by atoms with van der Waals surface area (Å²) in [6.07, 6.45) is 9.74. The van der Waals surface area contributed by atoms with Gasteiger partial charge < -0.3 is 5.32 Å². The zero-order chi connectivity index (χ0) is 12.7. The van der Waals surface area contributed by atoms with Crippen LogP contribution < -0.4 is 5.32 Å². The van der Waals surface area contributed by atoms with Gasteiger partial charge in [0.2, 0.25) is 0 Å². The van der Waals surface area contributed by atoms with Crippen LogP contribution >= 0.6 is 0 Å². The topological polar surface area (TPSA) is 12.0 Å². The lowest BCUT2D eigenvalue weighted by atomic mass is 9.72. The zero-order valence-electron chi connectivity index (χ0n) is 12.5. The second kappa shape index (κ2) is 8.13. The van der Waals surface area contributed by atoms with Gasteiger partial charge in [0.05, 0.1) is 0 Å². The normalized spacial score (nSPS) is 31.4. The number of nitrogens with one attached hydrogen (secondary N) is 1. The molecule has 4 atom stereocenters. The van der Waals surface area contributed by atoms with E-state index in [0.29, 0.717) is 0 Å². The van der Waals surface area contributed by atoms with Crippen molar-refractivity contribution in [2.75, 3.05) is 6.54 Å². The molecule has 0 bridgehead atoms. The number of rotatable bonds is 7. The highest BCUT2D eigenvalue weighted by atomic mass is 14.9. The fourth-order valence-electron chi connectivity index (χ4n) is 3.21. The van der Waals surface area contributed by atoms with Crippen molar-refractivity contribution < 1.29 is 0 Å². The van der Waals surface area contributed by atoms with Gasteiger partial charge in [0.25, 0.3) is 0 Å². The Balaban J connectivity index is 2.44. The third-order valence-electron chi connectivity index (χ3n) is 4.73. The van der Waals surface area contributed by atoms with E-state index in [1.54, 1.807) is 0 Å². The molecule has 0 radical (unpaired) electrons. The van der Waals surface area contributed by atoms with Gasteiger partial charge in [-0.1, -0.05) is 47.0 Å². The Morgan fingerprint density at radius 3 is 2.41 bits per heavy atom. The zero-order valence-corrected chi connectivity index (χ0v) is 12.5. The van der Waals surface area contributed by atoms with Crippen LogP contribution in [0.5, 0.6) is 0 Å². The summed E-state index contributed by atoms with van der Waals surface area (Å²) >= 11 is 0. The van der Waals surface area contributed by atoms with Gasteiger partial charge in [0.15, 0.2) is 0 Å². The van der Waals surface area contributed by atoms with Crippen molar-refractivity contribution in [1.29, 1.82) is 0 Å². The lowest BCUT2D eigenvalue weighted by Gasteiger charge is -2.37. The van der Waals surface area contributed by atoms with Crippen molar-refractivity contribution in [2.24, 2.45) is 17.8 Å². The summed E-state index contributed by atoms with van der Waals surface area (Å²) in [6, 6.07) is 0.796. The molecule has 1 aliphatic rings. The van der Waals surface area contributed by atoms with Crippen molar-refractivity contribution in [1.82, 2.24) is 5.32 Å². The molecule has 1 nitrogen and oxygen atoms in total. The Kier molecular flexibility index (Phi) is 7.18. The van der Waals surface area contributed by atoms with E-state index in [2.05, 4.69) is 33.0 Å². The van der Waals surface area contributed by atoms with Crippen molar-refractivity contribution in [2.45, 2.75) is 78.7 Å². The number of hydrogen-bond acceptors (Lipinski definition) is 1. The highest BCUT2D eigenvalue weighted by Gasteiger charge is 2.29. The fraction of sp³-hybridized carbons (Fsp3) is 1.00. The number of hydrogen-bond donors (Lipinski definition) is 1. The van der Waals surface area contributed by atoms with E-state index in [1.807, 2.05) is 0 Å². The van der Waals surface area contributed by atoms with Gasteiger partial charge in [-0.05, 0) is 50.0 Å². The van der Waals surface area contributed by atoms with Gasteiger partial charge in [-0.2, -0.15) is 0 Å². The van der Waals surface area contributed by atoms with E-state index in [1.165, 1.54) is 51.5 Å². The summed E-state index contributed by atoms with van der Waals surface area (Å²) < 4.78 is 0. The largest absolute Gasteiger partial charge is 0.314 e. The van der Waals surface area contributed by atoms with E-state index in [9.17, 15) is 0 Å². The molecule has 1 saturated carbocycles. The van der Waals surface area contributed by atoms with Crippen LogP contribution in [0, 0.1) is 17.8 Å². The Hall–Kier alpha value is -0.0400. The molecule has 17 heavy (non-hydrogen) atoms. The average molecular weight is 239 g/mol. The van der Waals surface area contributed by atoms with E-state index < -0.39 is 0 Å². The molecule has 102 valence electrons. The smallest absolute Gasteiger partial charge is 0.00954 e. The molecule has 0 aliphatic heterocycles. The minimum Gasteiger partial charge on any atom is -0.314 e. The predicted octanol–water partition coefficient (Wildman–Crippen LogP) is 4.62. The summed E-state index contributed by atoms with van der Waals surface area (Å²) in [6.45, 7) is 10.7. The van der Waals surface area contributed by atoms with E-state index >= 15 is 0 Å². The van der Waals surface area contributed by atoms with E-state index in [4.69, 9.17) is 0 Å². The van der Waals surface area contributed by atoms with E-state index in [-0.39, 0.29) is 0 Å². The molecule has 0 spiro atoms. The quantitative estimate of drug-likeness (QED) is 0.683. The molecule has 0 aromatic carbocycles. The molecule has 1 aliphatic carbocycles. The van der Waals surface area contributed by atoms with Crippen LogP contribution in [0.2, 0.25) is 0 Å². The molecule has 1 N–H and O–H groups in total. The van der Waals surface area contributed by atoms with Gasteiger partial charge in [0.1, 0.15) is 0 Å². The van der Waals surface area contributed by atoms with E-state index in [0.717, 1.165) is 23.8 Å². The standard InChI is InChI=1S/C16H33N/c1-5-7-8-16(17-11-6-2)15-10-9-13(3)14(4)12-15/h13-17H,5-12H2,1-4H3. The molecule has 0 saturated heterocycles. The first-order valence-electron chi connectivity index (χ1n) is 7.92.